The number of nitrogens with one attached hydrogen (secondary N) is 2. The summed E-state index contributed by atoms with van der Waals surface area (Å²) in [4.78, 5) is 12.6. The van der Waals surface area contributed by atoms with Crippen LogP contribution >= 0.6 is 11.3 Å². The predicted molar refractivity (Wildman–Crippen MR) is 127 cm³/mol. The van der Waals surface area contributed by atoms with Gasteiger partial charge in [0, 0.05) is 18.3 Å². The Balaban J connectivity index is 1.38. The molecule has 178 valence electrons. The van der Waals surface area contributed by atoms with Crippen LogP contribution in [0.15, 0.2) is 65.5 Å². The van der Waals surface area contributed by atoms with E-state index in [1.54, 1.807) is 36.9 Å². The van der Waals surface area contributed by atoms with E-state index in [2.05, 4.69) is 25.0 Å². The van der Waals surface area contributed by atoms with Gasteiger partial charge in [0.25, 0.3) is 10.0 Å². The molecule has 34 heavy (non-hydrogen) atoms. The van der Waals surface area contributed by atoms with Gasteiger partial charge in [0.2, 0.25) is 0 Å². The number of aryl methyl sites for hydroxylation is 2. The Bertz CT molecular complexity index is 1340. The fraction of sp³-hybridized carbons (Fsp3) is 0.227. The molecule has 1 aromatic carbocycles. The summed E-state index contributed by atoms with van der Waals surface area (Å²) < 4.78 is 42.7. The first-order chi connectivity index (χ1) is 16.3. The van der Waals surface area contributed by atoms with Crippen LogP contribution in [-0.2, 0) is 29.5 Å². The third-order valence-electron chi connectivity index (χ3n) is 4.91. The number of halogens is 1. The van der Waals surface area contributed by atoms with E-state index in [-0.39, 0.29) is 16.6 Å². The number of imidazole rings is 1. The number of nitrogens with zero attached hydrogens (tertiary/aromatic N) is 4. The molecule has 0 aliphatic heterocycles. The first-order valence-corrected chi connectivity index (χ1v) is 12.7. The lowest BCUT2D eigenvalue weighted by Gasteiger charge is -2.09. The molecule has 0 aliphatic carbocycles. The van der Waals surface area contributed by atoms with Crippen LogP contribution in [0.2, 0.25) is 0 Å². The number of aliphatic hydroxyl groups excluding tert-OH is 1. The monoisotopic (exact) mass is 502 g/mol. The SMILES string of the molecule is CC(O)Nc1ncc(S(=O)(=O)NCc2ccc(-c3cncn3CCc3ccc(F)cc3)cn2)s1. The molecule has 4 aromatic rings. The van der Waals surface area contributed by atoms with Crippen molar-refractivity contribution in [2.24, 2.45) is 0 Å². The molecule has 4 rings (SSSR count). The summed E-state index contributed by atoms with van der Waals surface area (Å²) in [6.07, 6.45) is 6.27. The summed E-state index contributed by atoms with van der Waals surface area (Å²) in [5.41, 5.74) is 3.30. The number of pyridine rings is 1. The van der Waals surface area contributed by atoms with Crippen molar-refractivity contribution in [2.75, 3.05) is 5.32 Å². The van der Waals surface area contributed by atoms with Crippen LogP contribution in [0.1, 0.15) is 18.2 Å². The Kier molecular flexibility index (Phi) is 7.32. The summed E-state index contributed by atoms with van der Waals surface area (Å²) in [6.45, 7) is 2.20. The molecule has 0 spiro atoms. The van der Waals surface area contributed by atoms with E-state index in [9.17, 15) is 17.9 Å². The number of rotatable bonds is 10. The van der Waals surface area contributed by atoms with Gasteiger partial charge in [-0.25, -0.2) is 27.5 Å². The van der Waals surface area contributed by atoms with Crippen LogP contribution in [0.3, 0.4) is 0 Å². The standard InChI is InChI=1S/C22H23FN6O3S2/c1-15(30)28-22-26-13-21(33-22)34(31,32)27-11-19-7-4-17(10-25-19)20-12-24-14-29(20)9-8-16-2-5-18(23)6-3-16/h2-7,10,12-15,27,30H,8-9,11H2,1H3,(H,26,28). The molecule has 0 amide bonds. The second-order valence-corrected chi connectivity index (χ2v) is 10.5. The molecule has 0 fully saturated rings. The van der Waals surface area contributed by atoms with E-state index in [0.717, 1.165) is 34.6 Å². The third kappa shape index (κ3) is 6.03. The van der Waals surface area contributed by atoms with Crippen LogP contribution in [0, 0.1) is 5.82 Å². The fourth-order valence-electron chi connectivity index (χ4n) is 3.19. The van der Waals surface area contributed by atoms with Gasteiger partial charge in [0.15, 0.2) is 9.34 Å². The van der Waals surface area contributed by atoms with Gasteiger partial charge in [0.1, 0.15) is 12.0 Å². The molecule has 3 heterocycles. The maximum atomic E-state index is 13.1. The zero-order chi connectivity index (χ0) is 24.1. The number of aromatic nitrogens is 4. The minimum Gasteiger partial charge on any atom is -0.374 e. The quantitative estimate of drug-likeness (QED) is 0.285. The highest BCUT2D eigenvalue weighted by Gasteiger charge is 2.18. The lowest BCUT2D eigenvalue weighted by Crippen LogP contribution is -2.22. The maximum Gasteiger partial charge on any atom is 0.252 e. The summed E-state index contributed by atoms with van der Waals surface area (Å²) in [5.74, 6) is -0.259. The van der Waals surface area contributed by atoms with Crippen molar-refractivity contribution in [1.29, 1.82) is 0 Å². The van der Waals surface area contributed by atoms with Gasteiger partial charge in [-0.05, 0) is 43.2 Å². The minimum atomic E-state index is -3.76. The van der Waals surface area contributed by atoms with Gasteiger partial charge < -0.3 is 15.0 Å². The summed E-state index contributed by atoms with van der Waals surface area (Å²) in [5, 5.41) is 12.3. The van der Waals surface area contributed by atoms with Gasteiger partial charge >= 0.3 is 0 Å². The maximum absolute atomic E-state index is 13.1. The van der Waals surface area contributed by atoms with Gasteiger partial charge in [-0.2, -0.15) is 0 Å². The van der Waals surface area contributed by atoms with Crippen molar-refractivity contribution in [3.8, 4) is 11.3 Å². The molecule has 3 N–H and O–H groups in total. The Morgan fingerprint density at radius 3 is 2.62 bits per heavy atom. The molecule has 0 radical (unpaired) electrons. The van der Waals surface area contributed by atoms with Crippen LogP contribution in [0.4, 0.5) is 9.52 Å². The topological polar surface area (TPSA) is 122 Å². The van der Waals surface area contributed by atoms with Crippen molar-refractivity contribution in [1.82, 2.24) is 24.2 Å². The first kappa shape index (κ1) is 24.0. The van der Waals surface area contributed by atoms with E-state index in [1.807, 2.05) is 10.6 Å². The Morgan fingerprint density at radius 2 is 1.91 bits per heavy atom. The minimum absolute atomic E-state index is 0.0174. The number of aliphatic hydroxyl groups is 1. The summed E-state index contributed by atoms with van der Waals surface area (Å²) >= 11 is 0.928. The van der Waals surface area contributed by atoms with Crippen molar-refractivity contribution in [3.05, 3.63) is 78.4 Å². The first-order valence-electron chi connectivity index (χ1n) is 10.4. The average molecular weight is 503 g/mol. The van der Waals surface area contributed by atoms with Crippen molar-refractivity contribution < 1.29 is 17.9 Å². The summed E-state index contributed by atoms with van der Waals surface area (Å²) in [7, 11) is -3.76. The summed E-state index contributed by atoms with van der Waals surface area (Å²) in [6, 6.07) is 10.0. The largest absolute Gasteiger partial charge is 0.374 e. The average Bonchev–Trinajstić information content (AvgIpc) is 3.47. The molecule has 12 heteroatoms. The van der Waals surface area contributed by atoms with E-state index in [0.29, 0.717) is 17.4 Å². The number of thiazole rings is 1. The Hall–Kier alpha value is -3.19. The molecule has 3 aromatic heterocycles. The second-order valence-electron chi connectivity index (χ2n) is 7.52. The molecule has 9 nitrogen and oxygen atoms in total. The number of anilines is 1. The Labute approximate surface area is 200 Å². The number of sulfonamides is 1. The lowest BCUT2D eigenvalue weighted by atomic mass is 10.1. The molecule has 0 saturated carbocycles. The van der Waals surface area contributed by atoms with Gasteiger partial charge in [-0.3, -0.25) is 4.98 Å². The van der Waals surface area contributed by atoms with Crippen molar-refractivity contribution >= 4 is 26.5 Å². The van der Waals surface area contributed by atoms with E-state index in [4.69, 9.17) is 0 Å². The number of benzene rings is 1. The van der Waals surface area contributed by atoms with E-state index >= 15 is 0 Å². The van der Waals surface area contributed by atoms with Crippen LogP contribution in [-0.4, -0.2) is 39.3 Å². The zero-order valence-electron chi connectivity index (χ0n) is 18.2. The van der Waals surface area contributed by atoms with Crippen molar-refractivity contribution in [2.45, 2.75) is 36.9 Å². The highest BCUT2D eigenvalue weighted by Crippen LogP contribution is 2.23. The van der Waals surface area contributed by atoms with E-state index < -0.39 is 16.3 Å². The normalized spacial score (nSPS) is 12.6. The molecule has 0 aliphatic rings. The highest BCUT2D eigenvalue weighted by atomic mass is 32.2. The smallest absolute Gasteiger partial charge is 0.252 e. The van der Waals surface area contributed by atoms with Crippen LogP contribution in [0.25, 0.3) is 11.3 Å². The number of hydrogen-bond donors (Lipinski definition) is 3. The molecule has 0 bridgehead atoms. The molecular weight excluding hydrogens is 479 g/mol. The van der Waals surface area contributed by atoms with Gasteiger partial charge in [0.05, 0.1) is 36.7 Å². The predicted octanol–water partition coefficient (Wildman–Crippen LogP) is 3.01. The van der Waals surface area contributed by atoms with E-state index in [1.165, 1.54) is 25.3 Å². The van der Waals surface area contributed by atoms with Gasteiger partial charge in [-0.15, -0.1) is 0 Å². The molecule has 0 saturated heterocycles. The molecule has 1 atom stereocenters. The zero-order valence-corrected chi connectivity index (χ0v) is 19.9. The highest BCUT2D eigenvalue weighted by molar-refractivity contribution is 7.91. The van der Waals surface area contributed by atoms with Crippen LogP contribution in [0.5, 0.6) is 0 Å². The lowest BCUT2D eigenvalue weighted by molar-refractivity contribution is 0.224. The molecular formula is C22H23FN6O3S2. The fourth-order valence-corrected chi connectivity index (χ4v) is 5.34. The van der Waals surface area contributed by atoms with Gasteiger partial charge in [-0.1, -0.05) is 23.5 Å². The Morgan fingerprint density at radius 1 is 1.12 bits per heavy atom. The van der Waals surface area contributed by atoms with Crippen LogP contribution < -0.4 is 10.0 Å². The molecule has 1 unspecified atom stereocenters. The van der Waals surface area contributed by atoms with Crippen molar-refractivity contribution in [3.63, 3.8) is 0 Å². The number of hydrogen-bond acceptors (Lipinski definition) is 8. The third-order valence-corrected chi connectivity index (χ3v) is 7.70. The second kappa shape index (κ2) is 10.4.